The molecule has 0 atom stereocenters. The van der Waals surface area contributed by atoms with Crippen molar-refractivity contribution in [1.82, 2.24) is 4.98 Å². The first-order valence-electron chi connectivity index (χ1n) is 4.66. The number of hydrogen-bond donors (Lipinski definition) is 0. The highest BCUT2D eigenvalue weighted by Crippen LogP contribution is 2.35. The Labute approximate surface area is 111 Å². The second kappa shape index (κ2) is 4.28. The van der Waals surface area contributed by atoms with Crippen LogP contribution in [0.3, 0.4) is 0 Å². The van der Waals surface area contributed by atoms with Gasteiger partial charge in [0.2, 0.25) is 0 Å². The van der Waals surface area contributed by atoms with Crippen LogP contribution in [-0.4, -0.2) is 4.98 Å². The molecule has 2 aromatic rings. The molecule has 2 aromatic heterocycles. The molecule has 0 spiro atoms. The predicted molar refractivity (Wildman–Crippen MR) is 71.8 cm³/mol. The molecule has 0 aliphatic heterocycles. The van der Waals surface area contributed by atoms with Gasteiger partial charge in [-0.05, 0) is 41.9 Å². The summed E-state index contributed by atoms with van der Waals surface area (Å²) in [5.41, 5.74) is 0.336. The van der Waals surface area contributed by atoms with Gasteiger partial charge in [-0.25, -0.2) is 4.98 Å². The maximum atomic E-state index is 9.04. The summed E-state index contributed by atoms with van der Waals surface area (Å²) in [6.45, 7) is 3.77. The Kier molecular flexibility index (Phi) is 3.15. The third kappa shape index (κ3) is 2.19. The monoisotopic (exact) mass is 312 g/mol. The summed E-state index contributed by atoms with van der Waals surface area (Å²) in [7, 11) is 0. The lowest BCUT2D eigenvalue weighted by Gasteiger charge is -2.10. The fourth-order valence-corrected chi connectivity index (χ4v) is 3.61. The minimum atomic E-state index is -0.511. The number of hydrogen-bond acceptors (Lipinski definition) is 4. The number of nitrogens with zero attached hydrogens (tertiary/aromatic N) is 2. The molecule has 0 aliphatic rings. The fraction of sp³-hybridized carbons (Fsp3) is 0.273. The van der Waals surface area contributed by atoms with Crippen LogP contribution in [0.1, 0.15) is 19.5 Å². The average Bonchev–Trinajstić information content (AvgIpc) is 2.85. The molecule has 0 saturated carbocycles. The van der Waals surface area contributed by atoms with Crippen molar-refractivity contribution in [3.63, 3.8) is 0 Å². The number of nitriles is 1. The molecular formula is C11H9BrN2S2. The van der Waals surface area contributed by atoms with Gasteiger partial charge in [0.15, 0.2) is 0 Å². The minimum absolute atomic E-state index is 0.511. The average molecular weight is 313 g/mol. The van der Waals surface area contributed by atoms with E-state index in [2.05, 4.69) is 27.0 Å². The summed E-state index contributed by atoms with van der Waals surface area (Å²) in [5.74, 6) is 0. The molecule has 0 aliphatic carbocycles. The van der Waals surface area contributed by atoms with Crippen molar-refractivity contribution in [3.05, 3.63) is 27.0 Å². The van der Waals surface area contributed by atoms with Crippen molar-refractivity contribution in [2.75, 3.05) is 0 Å². The zero-order chi connectivity index (χ0) is 11.8. The Morgan fingerprint density at radius 1 is 1.44 bits per heavy atom. The maximum absolute atomic E-state index is 9.04. The first kappa shape index (κ1) is 11.8. The first-order chi connectivity index (χ1) is 7.53. The molecule has 0 aromatic carbocycles. The molecule has 2 heterocycles. The third-order valence-corrected chi connectivity index (χ3v) is 4.84. The van der Waals surface area contributed by atoms with E-state index >= 15 is 0 Å². The number of thiophene rings is 1. The van der Waals surface area contributed by atoms with Gasteiger partial charge in [-0.3, -0.25) is 0 Å². The van der Waals surface area contributed by atoms with E-state index in [-0.39, 0.29) is 0 Å². The quantitative estimate of drug-likeness (QED) is 0.822. The lowest BCUT2D eigenvalue weighted by atomic mass is 9.92. The van der Waals surface area contributed by atoms with Crippen molar-refractivity contribution in [2.24, 2.45) is 0 Å². The Balaban J connectivity index is 2.38. The van der Waals surface area contributed by atoms with Crippen LogP contribution >= 0.6 is 38.6 Å². The molecule has 0 amide bonds. The lowest BCUT2D eigenvalue weighted by Crippen LogP contribution is -2.13. The van der Waals surface area contributed by atoms with Crippen LogP contribution in [0.4, 0.5) is 0 Å². The van der Waals surface area contributed by atoms with E-state index in [9.17, 15) is 0 Å². The van der Waals surface area contributed by atoms with Gasteiger partial charge in [0.05, 0.1) is 25.8 Å². The standard InChI is InChI=1S/C11H9BrN2S2/c1-11(2,6-13)8-5-15-10(14-8)7-3-4-9(12)16-7/h3-5H,1-2H3. The molecule has 0 N–H and O–H groups in total. The number of rotatable bonds is 2. The maximum Gasteiger partial charge on any atom is 0.133 e. The van der Waals surface area contributed by atoms with Crippen LogP contribution in [0.15, 0.2) is 21.3 Å². The zero-order valence-corrected chi connectivity index (χ0v) is 12.0. The SMILES string of the molecule is CC(C)(C#N)c1csc(-c2ccc(Br)s2)n1. The largest absolute Gasteiger partial charge is 0.239 e. The van der Waals surface area contributed by atoms with Crippen molar-refractivity contribution in [2.45, 2.75) is 19.3 Å². The first-order valence-corrected chi connectivity index (χ1v) is 7.15. The van der Waals surface area contributed by atoms with E-state index in [0.717, 1.165) is 19.4 Å². The van der Waals surface area contributed by atoms with Crippen LogP contribution in [0, 0.1) is 11.3 Å². The predicted octanol–water partition coefficient (Wildman–Crippen LogP) is 4.44. The van der Waals surface area contributed by atoms with Gasteiger partial charge in [-0.1, -0.05) is 0 Å². The number of halogens is 1. The summed E-state index contributed by atoms with van der Waals surface area (Å²) in [4.78, 5) is 5.66. The third-order valence-electron chi connectivity index (χ3n) is 2.21. The molecule has 0 radical (unpaired) electrons. The molecule has 2 nitrogen and oxygen atoms in total. The van der Waals surface area contributed by atoms with E-state index in [1.54, 1.807) is 22.7 Å². The number of aromatic nitrogens is 1. The fourth-order valence-electron chi connectivity index (χ4n) is 1.16. The topological polar surface area (TPSA) is 36.7 Å². The van der Waals surface area contributed by atoms with E-state index in [4.69, 9.17) is 5.26 Å². The van der Waals surface area contributed by atoms with Gasteiger partial charge in [-0.15, -0.1) is 22.7 Å². The van der Waals surface area contributed by atoms with Gasteiger partial charge in [0.1, 0.15) is 5.01 Å². The van der Waals surface area contributed by atoms with Crippen LogP contribution in [-0.2, 0) is 5.41 Å². The molecule has 16 heavy (non-hydrogen) atoms. The van der Waals surface area contributed by atoms with Crippen LogP contribution in [0.2, 0.25) is 0 Å². The van der Waals surface area contributed by atoms with Gasteiger partial charge in [-0.2, -0.15) is 5.26 Å². The normalized spacial score (nSPS) is 11.4. The second-order valence-electron chi connectivity index (χ2n) is 3.88. The smallest absolute Gasteiger partial charge is 0.133 e. The Hall–Kier alpha value is -0.700. The summed E-state index contributed by atoms with van der Waals surface area (Å²) >= 11 is 6.67. The summed E-state index contributed by atoms with van der Waals surface area (Å²) < 4.78 is 1.10. The summed E-state index contributed by atoms with van der Waals surface area (Å²) in [5, 5.41) is 12.0. The Bertz CT molecular complexity index is 548. The minimum Gasteiger partial charge on any atom is -0.239 e. The van der Waals surface area contributed by atoms with Crippen LogP contribution in [0.25, 0.3) is 9.88 Å². The highest BCUT2D eigenvalue weighted by atomic mass is 79.9. The highest BCUT2D eigenvalue weighted by Gasteiger charge is 2.23. The molecule has 5 heteroatoms. The van der Waals surface area contributed by atoms with Crippen molar-refractivity contribution < 1.29 is 0 Å². The van der Waals surface area contributed by atoms with Crippen molar-refractivity contribution in [3.8, 4) is 16.0 Å². The highest BCUT2D eigenvalue weighted by molar-refractivity contribution is 9.11. The number of thiazole rings is 1. The van der Waals surface area contributed by atoms with E-state index in [1.807, 2.05) is 31.4 Å². The molecule has 82 valence electrons. The van der Waals surface area contributed by atoms with Gasteiger partial charge in [0, 0.05) is 5.38 Å². The van der Waals surface area contributed by atoms with Crippen molar-refractivity contribution in [1.29, 1.82) is 5.26 Å². The van der Waals surface area contributed by atoms with Crippen LogP contribution in [0.5, 0.6) is 0 Å². The van der Waals surface area contributed by atoms with E-state index < -0.39 is 5.41 Å². The summed E-state index contributed by atoms with van der Waals surface area (Å²) in [6, 6.07) is 6.31. The molecule has 0 fully saturated rings. The van der Waals surface area contributed by atoms with Gasteiger partial charge >= 0.3 is 0 Å². The summed E-state index contributed by atoms with van der Waals surface area (Å²) in [6.07, 6.45) is 0. The Morgan fingerprint density at radius 2 is 2.19 bits per heavy atom. The van der Waals surface area contributed by atoms with Crippen LogP contribution < -0.4 is 0 Å². The van der Waals surface area contributed by atoms with Crippen molar-refractivity contribution >= 4 is 38.6 Å². The molecule has 0 unspecified atom stereocenters. The van der Waals surface area contributed by atoms with Gasteiger partial charge in [0.25, 0.3) is 0 Å². The van der Waals surface area contributed by atoms with E-state index in [0.29, 0.717) is 0 Å². The zero-order valence-electron chi connectivity index (χ0n) is 8.82. The Morgan fingerprint density at radius 3 is 2.75 bits per heavy atom. The van der Waals surface area contributed by atoms with Gasteiger partial charge < -0.3 is 0 Å². The molecular weight excluding hydrogens is 304 g/mol. The lowest BCUT2D eigenvalue weighted by molar-refractivity contribution is 0.666. The van der Waals surface area contributed by atoms with E-state index in [1.165, 1.54) is 0 Å². The molecule has 0 saturated heterocycles. The molecule has 0 bridgehead atoms. The molecule has 2 rings (SSSR count). The second-order valence-corrected chi connectivity index (χ2v) is 7.20.